The van der Waals surface area contributed by atoms with Crippen LogP contribution in [0.2, 0.25) is 0 Å². The molecule has 0 unspecified atom stereocenters. The lowest BCUT2D eigenvalue weighted by molar-refractivity contribution is 0.0700. The number of amides is 1. The zero-order valence-corrected chi connectivity index (χ0v) is 22.1. The molecule has 0 heterocycles. The Balaban J connectivity index is 1.29. The summed E-state index contributed by atoms with van der Waals surface area (Å²) in [4.78, 5) is 16.0. The summed E-state index contributed by atoms with van der Waals surface area (Å²) in [5.41, 5.74) is 4.47. The minimum absolute atomic E-state index is 0.135. The van der Waals surface area contributed by atoms with Crippen molar-refractivity contribution in [2.75, 3.05) is 25.0 Å². The average Bonchev–Trinajstić information content (AvgIpc) is 3.00. The Kier molecular flexibility index (Phi) is 8.89. The van der Waals surface area contributed by atoms with E-state index in [-0.39, 0.29) is 11.8 Å². The normalized spacial score (nSPS) is 17.2. The van der Waals surface area contributed by atoms with Crippen molar-refractivity contribution in [2.45, 2.75) is 31.6 Å². The van der Waals surface area contributed by atoms with Crippen molar-refractivity contribution in [3.63, 3.8) is 0 Å². The number of hydrogen-bond donors (Lipinski definition) is 1. The van der Waals surface area contributed by atoms with Crippen LogP contribution >= 0.6 is 0 Å². The molecule has 0 aliphatic heterocycles. The van der Waals surface area contributed by atoms with E-state index in [2.05, 4.69) is 101 Å². The predicted molar refractivity (Wildman–Crippen MR) is 157 cm³/mol. The van der Waals surface area contributed by atoms with Crippen LogP contribution in [0.4, 0.5) is 5.69 Å². The first kappa shape index (κ1) is 25.8. The van der Waals surface area contributed by atoms with Crippen LogP contribution in [0, 0.1) is 11.8 Å². The lowest BCUT2D eigenvalue weighted by Gasteiger charge is -2.35. The van der Waals surface area contributed by atoms with Gasteiger partial charge in [0.2, 0.25) is 0 Å². The molecule has 1 saturated carbocycles. The van der Waals surface area contributed by atoms with Gasteiger partial charge in [-0.3, -0.25) is 4.79 Å². The van der Waals surface area contributed by atoms with Gasteiger partial charge in [-0.1, -0.05) is 97.1 Å². The summed E-state index contributed by atoms with van der Waals surface area (Å²) in [6.45, 7) is 2.51. The molecule has 4 aromatic rings. The number of rotatable bonds is 10. The lowest BCUT2D eigenvalue weighted by atomic mass is 9.81. The predicted octanol–water partition coefficient (Wildman–Crippen LogP) is 7.88. The number of anilines is 1. The number of para-hydroxylation sites is 1. The van der Waals surface area contributed by atoms with Gasteiger partial charge in [0, 0.05) is 36.8 Å². The van der Waals surface area contributed by atoms with E-state index in [1.807, 2.05) is 30.3 Å². The Morgan fingerprint density at radius 2 is 1.13 bits per heavy atom. The second kappa shape index (κ2) is 13.1. The van der Waals surface area contributed by atoms with Gasteiger partial charge in [0.1, 0.15) is 0 Å². The summed E-state index contributed by atoms with van der Waals surface area (Å²) in [6, 6.07) is 41.5. The van der Waals surface area contributed by atoms with E-state index in [0.29, 0.717) is 18.4 Å². The maximum Gasteiger partial charge on any atom is 0.253 e. The van der Waals surface area contributed by atoms with E-state index in [1.165, 1.54) is 42.5 Å². The topological polar surface area (TPSA) is 32.3 Å². The molecule has 194 valence electrons. The van der Waals surface area contributed by atoms with Crippen LogP contribution in [-0.4, -0.2) is 30.4 Å². The molecule has 0 saturated heterocycles. The minimum Gasteiger partial charge on any atom is -0.385 e. The zero-order valence-electron chi connectivity index (χ0n) is 22.1. The largest absolute Gasteiger partial charge is 0.385 e. The SMILES string of the molecule is O=C(c1ccccc1)N(CC1CCC(CNc2ccccc2)CC1)CC(c1ccccc1)c1ccccc1. The molecular formula is C35H38N2O. The van der Waals surface area contributed by atoms with Gasteiger partial charge in [0.25, 0.3) is 5.91 Å². The molecule has 3 heteroatoms. The van der Waals surface area contributed by atoms with Crippen molar-refractivity contribution < 1.29 is 4.79 Å². The van der Waals surface area contributed by atoms with Gasteiger partial charge in [0.15, 0.2) is 0 Å². The molecule has 0 radical (unpaired) electrons. The standard InChI is InChI=1S/C35H38N2O/c38-35(32-17-9-3-10-18-32)37(27-34(30-13-5-1-6-14-30)31-15-7-2-8-16-31)26-29-23-21-28(22-24-29)25-36-33-19-11-4-12-20-33/h1-20,28-29,34,36H,21-27H2. The van der Waals surface area contributed by atoms with Crippen molar-refractivity contribution in [3.05, 3.63) is 138 Å². The monoisotopic (exact) mass is 502 g/mol. The number of carbonyl (C=O) groups excluding carboxylic acids is 1. The molecule has 0 bridgehead atoms. The molecule has 4 aromatic carbocycles. The van der Waals surface area contributed by atoms with Crippen molar-refractivity contribution in [1.82, 2.24) is 4.90 Å². The highest BCUT2D eigenvalue weighted by Gasteiger charge is 2.28. The molecule has 1 aliphatic carbocycles. The second-order valence-corrected chi connectivity index (χ2v) is 10.6. The van der Waals surface area contributed by atoms with E-state index in [0.717, 1.165) is 18.7 Å². The number of benzene rings is 4. The van der Waals surface area contributed by atoms with E-state index in [9.17, 15) is 4.79 Å². The second-order valence-electron chi connectivity index (χ2n) is 10.6. The number of carbonyl (C=O) groups is 1. The highest BCUT2D eigenvalue weighted by atomic mass is 16.2. The van der Waals surface area contributed by atoms with Crippen LogP contribution in [0.5, 0.6) is 0 Å². The van der Waals surface area contributed by atoms with E-state index >= 15 is 0 Å². The maximum atomic E-state index is 13.9. The van der Waals surface area contributed by atoms with Gasteiger partial charge in [-0.25, -0.2) is 0 Å². The summed E-state index contributed by atoms with van der Waals surface area (Å²) in [5.74, 6) is 1.49. The molecule has 0 spiro atoms. The Morgan fingerprint density at radius 3 is 1.68 bits per heavy atom. The lowest BCUT2D eigenvalue weighted by Crippen LogP contribution is -2.39. The van der Waals surface area contributed by atoms with Crippen LogP contribution < -0.4 is 5.32 Å². The Labute approximate surface area is 227 Å². The molecule has 38 heavy (non-hydrogen) atoms. The van der Waals surface area contributed by atoms with Crippen LogP contribution in [0.25, 0.3) is 0 Å². The number of nitrogens with zero attached hydrogens (tertiary/aromatic N) is 1. The number of nitrogens with one attached hydrogen (secondary N) is 1. The summed E-state index contributed by atoms with van der Waals surface area (Å²) in [6.07, 6.45) is 4.75. The van der Waals surface area contributed by atoms with E-state index in [1.54, 1.807) is 0 Å². The Bertz CT molecular complexity index is 1200. The Hall–Kier alpha value is -3.85. The highest BCUT2D eigenvalue weighted by molar-refractivity contribution is 5.94. The van der Waals surface area contributed by atoms with Gasteiger partial charge >= 0.3 is 0 Å². The first-order valence-corrected chi connectivity index (χ1v) is 14.0. The third kappa shape index (κ3) is 6.92. The molecule has 1 amide bonds. The molecule has 1 N–H and O–H groups in total. The molecule has 0 atom stereocenters. The smallest absolute Gasteiger partial charge is 0.253 e. The fourth-order valence-corrected chi connectivity index (χ4v) is 5.75. The molecular weight excluding hydrogens is 464 g/mol. The quantitative estimate of drug-likeness (QED) is 0.239. The maximum absolute atomic E-state index is 13.9. The van der Waals surface area contributed by atoms with Crippen LogP contribution in [0.3, 0.4) is 0 Å². The van der Waals surface area contributed by atoms with Crippen molar-refractivity contribution in [2.24, 2.45) is 11.8 Å². The summed E-state index contributed by atoms with van der Waals surface area (Å²) in [5, 5.41) is 3.61. The number of hydrogen-bond acceptors (Lipinski definition) is 2. The molecule has 1 fully saturated rings. The van der Waals surface area contributed by atoms with E-state index < -0.39 is 0 Å². The molecule has 0 aromatic heterocycles. The Morgan fingerprint density at radius 1 is 0.658 bits per heavy atom. The average molecular weight is 503 g/mol. The first-order chi connectivity index (χ1) is 18.8. The van der Waals surface area contributed by atoms with Crippen LogP contribution in [0.15, 0.2) is 121 Å². The fraction of sp³-hybridized carbons (Fsp3) is 0.286. The van der Waals surface area contributed by atoms with Crippen LogP contribution in [-0.2, 0) is 0 Å². The van der Waals surface area contributed by atoms with Crippen molar-refractivity contribution in [3.8, 4) is 0 Å². The fourth-order valence-electron chi connectivity index (χ4n) is 5.75. The molecule has 3 nitrogen and oxygen atoms in total. The van der Waals surface area contributed by atoms with Gasteiger partial charge in [-0.15, -0.1) is 0 Å². The van der Waals surface area contributed by atoms with E-state index in [4.69, 9.17) is 0 Å². The summed E-state index contributed by atoms with van der Waals surface area (Å²) < 4.78 is 0. The first-order valence-electron chi connectivity index (χ1n) is 14.0. The van der Waals surface area contributed by atoms with Gasteiger partial charge < -0.3 is 10.2 Å². The van der Waals surface area contributed by atoms with Gasteiger partial charge in [-0.05, 0) is 72.9 Å². The van der Waals surface area contributed by atoms with Crippen molar-refractivity contribution >= 4 is 11.6 Å². The zero-order chi connectivity index (χ0) is 26.0. The third-order valence-electron chi connectivity index (χ3n) is 7.93. The minimum atomic E-state index is 0.135. The molecule has 5 rings (SSSR count). The summed E-state index contributed by atoms with van der Waals surface area (Å²) in [7, 11) is 0. The highest BCUT2D eigenvalue weighted by Crippen LogP contribution is 2.32. The summed E-state index contributed by atoms with van der Waals surface area (Å²) >= 11 is 0. The molecule has 1 aliphatic rings. The van der Waals surface area contributed by atoms with Gasteiger partial charge in [-0.2, -0.15) is 0 Å². The van der Waals surface area contributed by atoms with Gasteiger partial charge in [0.05, 0.1) is 0 Å². The third-order valence-corrected chi connectivity index (χ3v) is 7.93. The van der Waals surface area contributed by atoms with Crippen LogP contribution in [0.1, 0.15) is 53.1 Å². The van der Waals surface area contributed by atoms with Crippen molar-refractivity contribution in [1.29, 1.82) is 0 Å².